The molecule has 0 spiro atoms. The highest BCUT2D eigenvalue weighted by Crippen LogP contribution is 2.16. The molecule has 2 aromatic carbocycles. The number of anilines is 1. The van der Waals surface area contributed by atoms with Crippen molar-refractivity contribution >= 4 is 23.5 Å². The van der Waals surface area contributed by atoms with Gasteiger partial charge in [-0.25, -0.2) is 0 Å². The van der Waals surface area contributed by atoms with E-state index in [0.717, 1.165) is 5.56 Å². The second kappa shape index (κ2) is 10.1. The Hall–Kier alpha value is -3.35. The maximum Gasteiger partial charge on any atom is 0.309 e. The Morgan fingerprint density at radius 3 is 2.32 bits per heavy atom. The first kappa shape index (κ1) is 21.0. The van der Waals surface area contributed by atoms with Gasteiger partial charge in [0.2, 0.25) is 0 Å². The molecule has 148 valence electrons. The normalized spacial score (nSPS) is 10.1. The number of ether oxygens (including phenoxy) is 2. The Morgan fingerprint density at radius 2 is 1.68 bits per heavy atom. The lowest BCUT2D eigenvalue weighted by Gasteiger charge is -2.11. The van der Waals surface area contributed by atoms with Crippen LogP contribution in [0.1, 0.15) is 22.3 Å². The summed E-state index contributed by atoms with van der Waals surface area (Å²) in [5.41, 5.74) is 2.01. The van der Waals surface area contributed by atoms with Gasteiger partial charge in [-0.2, -0.15) is 0 Å². The molecule has 28 heavy (non-hydrogen) atoms. The highest BCUT2D eigenvalue weighted by atomic mass is 16.5. The molecule has 0 aliphatic heterocycles. The number of carbonyl (C=O) groups excluding carboxylic acids is 3. The van der Waals surface area contributed by atoms with Crippen LogP contribution in [0.25, 0.3) is 0 Å². The summed E-state index contributed by atoms with van der Waals surface area (Å²) in [6.07, 6.45) is 0.0446. The van der Waals surface area contributed by atoms with Crippen molar-refractivity contribution in [2.45, 2.75) is 13.3 Å². The van der Waals surface area contributed by atoms with E-state index in [2.05, 4.69) is 5.32 Å². The molecule has 0 heterocycles. The number of aryl methyl sites for hydroxylation is 1. The van der Waals surface area contributed by atoms with E-state index in [1.165, 1.54) is 4.90 Å². The standard InChI is InChI=1S/C21H24N2O5/c1-15-6-4-5-7-18(15)27-13-12-20(25)28-14-19(24)22-17-10-8-16(9-11-17)21(26)23(2)3/h4-11H,12-14H2,1-3H3,(H,22,24). The first-order valence-corrected chi connectivity index (χ1v) is 8.82. The predicted octanol–water partition coefficient (Wildman–Crippen LogP) is 2.65. The van der Waals surface area contributed by atoms with Crippen molar-refractivity contribution in [1.82, 2.24) is 4.90 Å². The van der Waals surface area contributed by atoms with Gasteiger partial charge in [-0.05, 0) is 42.8 Å². The minimum Gasteiger partial charge on any atom is -0.493 e. The third-order valence-electron chi connectivity index (χ3n) is 3.84. The lowest BCUT2D eigenvalue weighted by Crippen LogP contribution is -2.22. The number of para-hydroxylation sites is 1. The highest BCUT2D eigenvalue weighted by Gasteiger charge is 2.10. The first-order valence-electron chi connectivity index (χ1n) is 8.82. The van der Waals surface area contributed by atoms with Crippen molar-refractivity contribution in [3.63, 3.8) is 0 Å². The van der Waals surface area contributed by atoms with Gasteiger partial charge in [-0.15, -0.1) is 0 Å². The lowest BCUT2D eigenvalue weighted by atomic mass is 10.2. The monoisotopic (exact) mass is 384 g/mol. The number of hydrogen-bond acceptors (Lipinski definition) is 5. The largest absolute Gasteiger partial charge is 0.493 e. The van der Waals surface area contributed by atoms with Crippen molar-refractivity contribution in [2.24, 2.45) is 0 Å². The zero-order valence-electron chi connectivity index (χ0n) is 16.2. The second-order valence-corrected chi connectivity index (χ2v) is 6.35. The van der Waals surface area contributed by atoms with Crippen LogP contribution in [0.3, 0.4) is 0 Å². The van der Waals surface area contributed by atoms with Crippen LogP contribution in [0.5, 0.6) is 5.75 Å². The highest BCUT2D eigenvalue weighted by molar-refractivity contribution is 5.96. The van der Waals surface area contributed by atoms with Gasteiger partial charge in [0.1, 0.15) is 5.75 Å². The summed E-state index contributed by atoms with van der Waals surface area (Å²) in [6.45, 7) is 1.70. The Morgan fingerprint density at radius 1 is 1.00 bits per heavy atom. The molecule has 0 bridgehead atoms. The summed E-state index contributed by atoms with van der Waals surface area (Å²) >= 11 is 0. The number of rotatable bonds is 8. The Bertz CT molecular complexity index is 831. The molecule has 2 amide bonds. The van der Waals surface area contributed by atoms with Crippen molar-refractivity contribution in [1.29, 1.82) is 0 Å². The van der Waals surface area contributed by atoms with Gasteiger partial charge in [0.25, 0.3) is 11.8 Å². The van der Waals surface area contributed by atoms with E-state index in [9.17, 15) is 14.4 Å². The smallest absolute Gasteiger partial charge is 0.309 e. The summed E-state index contributed by atoms with van der Waals surface area (Å²) in [7, 11) is 3.33. The van der Waals surface area contributed by atoms with E-state index in [4.69, 9.17) is 9.47 Å². The summed E-state index contributed by atoms with van der Waals surface area (Å²) in [6, 6.07) is 14.0. The molecule has 0 unspecified atom stereocenters. The van der Waals surface area contributed by atoms with E-state index in [1.54, 1.807) is 38.4 Å². The number of hydrogen-bond donors (Lipinski definition) is 1. The van der Waals surface area contributed by atoms with Crippen molar-refractivity contribution < 1.29 is 23.9 Å². The minimum atomic E-state index is -0.518. The van der Waals surface area contributed by atoms with Crippen molar-refractivity contribution in [2.75, 3.05) is 32.6 Å². The first-order chi connectivity index (χ1) is 13.4. The minimum absolute atomic E-state index is 0.0446. The molecule has 0 aliphatic carbocycles. The molecule has 2 rings (SSSR count). The van der Waals surface area contributed by atoms with Gasteiger partial charge < -0.3 is 19.7 Å². The fourth-order valence-electron chi connectivity index (χ4n) is 2.33. The van der Waals surface area contributed by atoms with Crippen LogP contribution in [0.15, 0.2) is 48.5 Å². The molecule has 7 heteroatoms. The molecule has 7 nitrogen and oxygen atoms in total. The topological polar surface area (TPSA) is 84.9 Å². The van der Waals surface area contributed by atoms with Gasteiger partial charge in [0, 0.05) is 25.3 Å². The van der Waals surface area contributed by atoms with E-state index < -0.39 is 11.9 Å². The van der Waals surface area contributed by atoms with Gasteiger partial charge >= 0.3 is 5.97 Å². The molecule has 0 atom stereocenters. The number of carbonyl (C=O) groups is 3. The van der Waals surface area contributed by atoms with Crippen LogP contribution in [-0.4, -0.2) is 50.0 Å². The summed E-state index contributed by atoms with van der Waals surface area (Å²) in [5.74, 6) is -0.389. The zero-order valence-corrected chi connectivity index (χ0v) is 16.2. The van der Waals surface area contributed by atoms with E-state index in [-0.39, 0.29) is 25.5 Å². The third kappa shape index (κ3) is 6.42. The maximum absolute atomic E-state index is 11.9. The van der Waals surface area contributed by atoms with Crippen LogP contribution >= 0.6 is 0 Å². The van der Waals surface area contributed by atoms with Gasteiger partial charge in [-0.3, -0.25) is 14.4 Å². The molecule has 0 saturated heterocycles. The molecular formula is C21H24N2O5. The average Bonchev–Trinajstić information content (AvgIpc) is 2.68. The SMILES string of the molecule is Cc1ccccc1OCCC(=O)OCC(=O)Nc1ccc(C(=O)N(C)C)cc1. The second-order valence-electron chi connectivity index (χ2n) is 6.35. The summed E-state index contributed by atoms with van der Waals surface area (Å²) in [4.78, 5) is 36.9. The number of amides is 2. The van der Waals surface area contributed by atoms with E-state index >= 15 is 0 Å². The quantitative estimate of drug-likeness (QED) is 0.708. The summed E-state index contributed by atoms with van der Waals surface area (Å²) < 4.78 is 10.5. The third-order valence-corrected chi connectivity index (χ3v) is 3.84. The predicted molar refractivity (Wildman–Crippen MR) is 105 cm³/mol. The molecule has 0 aliphatic rings. The number of nitrogens with zero attached hydrogens (tertiary/aromatic N) is 1. The van der Waals surface area contributed by atoms with Crippen LogP contribution < -0.4 is 10.1 Å². The number of nitrogens with one attached hydrogen (secondary N) is 1. The molecular weight excluding hydrogens is 360 g/mol. The number of benzene rings is 2. The summed E-state index contributed by atoms with van der Waals surface area (Å²) in [5, 5.41) is 2.61. The molecule has 2 aromatic rings. The molecule has 0 radical (unpaired) electrons. The van der Waals surface area contributed by atoms with Crippen LogP contribution in [0, 0.1) is 6.92 Å². The molecule has 1 N–H and O–H groups in total. The molecule has 0 aromatic heterocycles. The molecule has 0 fully saturated rings. The van der Waals surface area contributed by atoms with Gasteiger partial charge in [0.05, 0.1) is 13.0 Å². The average molecular weight is 384 g/mol. The Balaban J connectivity index is 1.71. The van der Waals surface area contributed by atoms with Crippen LogP contribution in [-0.2, 0) is 14.3 Å². The molecule has 0 saturated carbocycles. The maximum atomic E-state index is 11.9. The van der Waals surface area contributed by atoms with Gasteiger partial charge in [0.15, 0.2) is 6.61 Å². The van der Waals surface area contributed by atoms with Crippen LogP contribution in [0.4, 0.5) is 5.69 Å². The van der Waals surface area contributed by atoms with Crippen LogP contribution in [0.2, 0.25) is 0 Å². The van der Waals surface area contributed by atoms with E-state index in [1.807, 2.05) is 31.2 Å². The fourth-order valence-corrected chi connectivity index (χ4v) is 2.33. The van der Waals surface area contributed by atoms with E-state index in [0.29, 0.717) is 17.0 Å². The lowest BCUT2D eigenvalue weighted by molar-refractivity contribution is -0.147. The van der Waals surface area contributed by atoms with Crippen molar-refractivity contribution in [3.05, 3.63) is 59.7 Å². The Kier molecular flexibility index (Phi) is 7.56. The zero-order chi connectivity index (χ0) is 20.5. The Labute approximate surface area is 164 Å². The fraction of sp³-hybridized carbons (Fsp3) is 0.286. The number of esters is 1. The van der Waals surface area contributed by atoms with Crippen molar-refractivity contribution in [3.8, 4) is 5.75 Å². The van der Waals surface area contributed by atoms with Gasteiger partial charge in [-0.1, -0.05) is 18.2 Å².